The predicted octanol–water partition coefficient (Wildman–Crippen LogP) is 3.87. The monoisotopic (exact) mass is 344 g/mol. The van der Waals surface area contributed by atoms with Crippen LogP contribution in [0.25, 0.3) is 0 Å². The van der Waals surface area contributed by atoms with Crippen LogP contribution in [0.2, 0.25) is 10.0 Å². The fraction of sp³-hybridized carbons (Fsp3) is 0.500. The minimum atomic E-state index is -0.182. The quantitative estimate of drug-likeness (QED) is 0.703. The van der Waals surface area contributed by atoms with Crippen molar-refractivity contribution in [3.63, 3.8) is 0 Å². The van der Waals surface area contributed by atoms with Crippen LogP contribution in [0.3, 0.4) is 0 Å². The first-order valence-electron chi connectivity index (χ1n) is 7.39. The van der Waals surface area contributed by atoms with Gasteiger partial charge in [-0.15, -0.1) is 0 Å². The zero-order valence-electron chi connectivity index (χ0n) is 12.9. The summed E-state index contributed by atoms with van der Waals surface area (Å²) < 4.78 is 0. The van der Waals surface area contributed by atoms with Gasteiger partial charge in [-0.1, -0.05) is 41.8 Å². The Bertz CT molecular complexity index is 521. The van der Waals surface area contributed by atoms with Crippen molar-refractivity contribution in [2.45, 2.75) is 45.6 Å². The SMILES string of the molecule is CC(=O)NCCCCCC(=O)N[C@@H](C)c1cccc(Cl)c1Cl. The summed E-state index contributed by atoms with van der Waals surface area (Å²) in [6, 6.07) is 5.20. The van der Waals surface area contributed by atoms with Crippen molar-refractivity contribution in [1.29, 1.82) is 0 Å². The number of hydrogen-bond acceptors (Lipinski definition) is 2. The Hall–Kier alpha value is -1.26. The smallest absolute Gasteiger partial charge is 0.220 e. The number of carbonyl (C=O) groups is 2. The van der Waals surface area contributed by atoms with Gasteiger partial charge in [0.25, 0.3) is 0 Å². The standard InChI is InChI=1S/C16H22Cl2N2O2/c1-11(13-7-6-8-14(17)16(13)18)20-15(22)9-4-3-5-10-19-12(2)21/h6-8,11H,3-5,9-10H2,1-2H3,(H,19,21)(H,20,22)/t11-/m0/s1. The molecule has 1 atom stereocenters. The third kappa shape index (κ3) is 6.67. The molecule has 0 heterocycles. The molecular weight excluding hydrogens is 323 g/mol. The van der Waals surface area contributed by atoms with Crippen LogP contribution in [0, 0.1) is 0 Å². The lowest BCUT2D eigenvalue weighted by Crippen LogP contribution is -2.26. The molecule has 0 saturated carbocycles. The fourth-order valence-corrected chi connectivity index (χ4v) is 2.57. The molecule has 0 aromatic heterocycles. The maximum atomic E-state index is 11.9. The Labute approximate surface area is 141 Å². The van der Waals surface area contributed by atoms with Crippen LogP contribution >= 0.6 is 23.2 Å². The van der Waals surface area contributed by atoms with E-state index in [0.717, 1.165) is 24.8 Å². The van der Waals surface area contributed by atoms with Crippen LogP contribution in [0.1, 0.15) is 51.1 Å². The van der Waals surface area contributed by atoms with Gasteiger partial charge in [0.15, 0.2) is 0 Å². The molecule has 4 nitrogen and oxygen atoms in total. The summed E-state index contributed by atoms with van der Waals surface area (Å²) in [4.78, 5) is 22.6. The van der Waals surface area contributed by atoms with Gasteiger partial charge in [-0.05, 0) is 31.4 Å². The van der Waals surface area contributed by atoms with Crippen LogP contribution in [0.4, 0.5) is 0 Å². The van der Waals surface area contributed by atoms with E-state index < -0.39 is 0 Å². The van der Waals surface area contributed by atoms with Gasteiger partial charge in [-0.3, -0.25) is 9.59 Å². The van der Waals surface area contributed by atoms with E-state index >= 15 is 0 Å². The summed E-state index contributed by atoms with van der Waals surface area (Å²) in [5, 5.41) is 6.62. The van der Waals surface area contributed by atoms with Crippen molar-refractivity contribution < 1.29 is 9.59 Å². The van der Waals surface area contributed by atoms with E-state index in [9.17, 15) is 9.59 Å². The fourth-order valence-electron chi connectivity index (χ4n) is 2.10. The number of benzene rings is 1. The number of amides is 2. The molecule has 1 aromatic rings. The molecule has 2 amide bonds. The Morgan fingerprint density at radius 2 is 1.91 bits per heavy atom. The zero-order valence-corrected chi connectivity index (χ0v) is 14.4. The largest absolute Gasteiger partial charge is 0.356 e. The normalized spacial score (nSPS) is 11.8. The average Bonchev–Trinajstić information content (AvgIpc) is 2.45. The number of carbonyl (C=O) groups excluding carboxylic acids is 2. The van der Waals surface area contributed by atoms with Crippen molar-refractivity contribution in [3.05, 3.63) is 33.8 Å². The second-order valence-electron chi connectivity index (χ2n) is 5.23. The van der Waals surface area contributed by atoms with Crippen molar-refractivity contribution >= 4 is 35.0 Å². The Morgan fingerprint density at radius 1 is 1.18 bits per heavy atom. The van der Waals surface area contributed by atoms with Crippen molar-refractivity contribution in [2.75, 3.05) is 6.54 Å². The summed E-state index contributed by atoms with van der Waals surface area (Å²) in [5.41, 5.74) is 0.813. The molecule has 0 bridgehead atoms. The molecule has 0 unspecified atom stereocenters. The Kier molecular flexibility index (Phi) is 8.28. The number of halogens is 2. The molecule has 22 heavy (non-hydrogen) atoms. The third-order valence-corrected chi connectivity index (χ3v) is 4.11. The maximum Gasteiger partial charge on any atom is 0.220 e. The van der Waals surface area contributed by atoms with E-state index in [1.807, 2.05) is 19.1 Å². The van der Waals surface area contributed by atoms with E-state index in [1.165, 1.54) is 6.92 Å². The Balaban J connectivity index is 2.30. The molecule has 1 rings (SSSR count). The van der Waals surface area contributed by atoms with Gasteiger partial charge in [-0.2, -0.15) is 0 Å². The number of hydrogen-bond donors (Lipinski definition) is 2. The second kappa shape index (κ2) is 9.70. The van der Waals surface area contributed by atoms with Crippen LogP contribution < -0.4 is 10.6 Å². The first-order valence-corrected chi connectivity index (χ1v) is 8.15. The molecule has 0 aliphatic rings. The molecule has 2 N–H and O–H groups in total. The summed E-state index contributed by atoms with van der Waals surface area (Å²) in [6.07, 6.45) is 3.03. The first kappa shape index (κ1) is 18.8. The van der Waals surface area contributed by atoms with Crippen LogP contribution in [-0.4, -0.2) is 18.4 Å². The van der Waals surface area contributed by atoms with Gasteiger partial charge in [0.05, 0.1) is 16.1 Å². The van der Waals surface area contributed by atoms with Crippen molar-refractivity contribution in [1.82, 2.24) is 10.6 Å². The minimum Gasteiger partial charge on any atom is -0.356 e. The van der Waals surface area contributed by atoms with Crippen LogP contribution in [-0.2, 0) is 9.59 Å². The first-order chi connectivity index (χ1) is 10.4. The highest BCUT2D eigenvalue weighted by Gasteiger charge is 2.13. The van der Waals surface area contributed by atoms with Gasteiger partial charge in [0, 0.05) is 19.9 Å². The maximum absolute atomic E-state index is 11.9. The van der Waals surface area contributed by atoms with Gasteiger partial charge >= 0.3 is 0 Å². The average molecular weight is 345 g/mol. The lowest BCUT2D eigenvalue weighted by atomic mass is 10.1. The molecule has 0 spiro atoms. The molecular formula is C16H22Cl2N2O2. The molecule has 0 fully saturated rings. The highest BCUT2D eigenvalue weighted by atomic mass is 35.5. The van der Waals surface area contributed by atoms with Gasteiger partial charge in [-0.25, -0.2) is 0 Å². The molecule has 0 aliphatic heterocycles. The predicted molar refractivity (Wildman–Crippen MR) is 90.2 cm³/mol. The molecule has 122 valence electrons. The number of unbranched alkanes of at least 4 members (excludes halogenated alkanes) is 2. The zero-order chi connectivity index (χ0) is 16.5. The third-order valence-electron chi connectivity index (χ3n) is 3.28. The molecule has 6 heteroatoms. The highest BCUT2D eigenvalue weighted by molar-refractivity contribution is 6.42. The van der Waals surface area contributed by atoms with Gasteiger partial charge < -0.3 is 10.6 Å². The lowest BCUT2D eigenvalue weighted by molar-refractivity contribution is -0.122. The van der Waals surface area contributed by atoms with E-state index in [4.69, 9.17) is 23.2 Å². The van der Waals surface area contributed by atoms with E-state index in [-0.39, 0.29) is 17.9 Å². The topological polar surface area (TPSA) is 58.2 Å². The highest BCUT2D eigenvalue weighted by Crippen LogP contribution is 2.29. The van der Waals surface area contributed by atoms with Gasteiger partial charge in [0.1, 0.15) is 0 Å². The van der Waals surface area contributed by atoms with Crippen LogP contribution in [0.15, 0.2) is 18.2 Å². The van der Waals surface area contributed by atoms with Gasteiger partial charge in [0.2, 0.25) is 11.8 Å². The Morgan fingerprint density at radius 3 is 2.59 bits per heavy atom. The van der Waals surface area contributed by atoms with E-state index in [1.54, 1.807) is 6.07 Å². The number of rotatable bonds is 8. The molecule has 0 saturated heterocycles. The minimum absolute atomic E-state index is 0.0110. The van der Waals surface area contributed by atoms with E-state index in [0.29, 0.717) is 23.0 Å². The summed E-state index contributed by atoms with van der Waals surface area (Å²) >= 11 is 12.1. The van der Waals surface area contributed by atoms with Crippen molar-refractivity contribution in [2.24, 2.45) is 0 Å². The second-order valence-corrected chi connectivity index (χ2v) is 6.01. The molecule has 1 aromatic carbocycles. The number of nitrogens with one attached hydrogen (secondary N) is 2. The summed E-state index contributed by atoms with van der Waals surface area (Å²) in [6.45, 7) is 4.04. The van der Waals surface area contributed by atoms with Crippen molar-refractivity contribution in [3.8, 4) is 0 Å². The van der Waals surface area contributed by atoms with E-state index in [2.05, 4.69) is 10.6 Å². The summed E-state index contributed by atoms with van der Waals surface area (Å²) in [5.74, 6) is -0.0342. The van der Waals surface area contributed by atoms with Crippen LogP contribution in [0.5, 0.6) is 0 Å². The summed E-state index contributed by atoms with van der Waals surface area (Å²) in [7, 11) is 0. The molecule has 0 aliphatic carbocycles. The lowest BCUT2D eigenvalue weighted by Gasteiger charge is -2.16. The molecule has 0 radical (unpaired) electrons.